The second-order valence-electron chi connectivity index (χ2n) is 7.30. The molecule has 0 N–H and O–H groups in total. The van der Waals surface area contributed by atoms with Crippen LogP contribution in [0.4, 0.5) is 4.39 Å². The van der Waals surface area contributed by atoms with Crippen LogP contribution in [0.2, 0.25) is 0 Å². The van der Waals surface area contributed by atoms with Gasteiger partial charge in [0, 0.05) is 18.2 Å². The molecule has 3 aromatic rings. The molecule has 1 aromatic heterocycles. The molecule has 5 heteroatoms. The van der Waals surface area contributed by atoms with Gasteiger partial charge in [-0.15, -0.1) is 0 Å². The smallest absolute Gasteiger partial charge is 0.261 e. The molecule has 1 unspecified atom stereocenters. The Morgan fingerprint density at radius 1 is 0.964 bits per heavy atom. The molecule has 2 aromatic carbocycles. The molecule has 0 fully saturated rings. The van der Waals surface area contributed by atoms with Crippen LogP contribution in [0.15, 0.2) is 60.8 Å². The molecule has 0 bridgehead atoms. The van der Waals surface area contributed by atoms with E-state index in [9.17, 15) is 14.0 Å². The minimum absolute atomic E-state index is 0.0855. The number of aromatic nitrogens is 1. The molecule has 2 heterocycles. The van der Waals surface area contributed by atoms with Gasteiger partial charge in [0.05, 0.1) is 17.3 Å². The van der Waals surface area contributed by atoms with Gasteiger partial charge < -0.3 is 0 Å². The molecule has 28 heavy (non-hydrogen) atoms. The van der Waals surface area contributed by atoms with Crippen molar-refractivity contribution in [3.63, 3.8) is 0 Å². The van der Waals surface area contributed by atoms with Crippen molar-refractivity contribution in [2.24, 2.45) is 0 Å². The molecule has 1 aliphatic heterocycles. The number of rotatable bonds is 2. The Morgan fingerprint density at radius 2 is 1.64 bits per heavy atom. The number of hydrogen-bond acceptors (Lipinski definition) is 3. The van der Waals surface area contributed by atoms with Crippen LogP contribution >= 0.6 is 0 Å². The summed E-state index contributed by atoms with van der Waals surface area (Å²) in [7, 11) is 0. The molecule has 0 spiro atoms. The third-order valence-electron chi connectivity index (χ3n) is 5.62. The molecule has 2 amide bonds. The number of fused-ring (bicyclic) bond motifs is 3. The number of carbonyl (C=O) groups is 2. The summed E-state index contributed by atoms with van der Waals surface area (Å²) in [6, 6.07) is 16.4. The largest absolute Gasteiger partial charge is 0.274 e. The van der Waals surface area contributed by atoms with Gasteiger partial charge >= 0.3 is 0 Å². The van der Waals surface area contributed by atoms with E-state index in [2.05, 4.69) is 4.98 Å². The Bertz CT molecular complexity index is 1090. The minimum atomic E-state index is -0.352. The number of benzene rings is 2. The second-order valence-corrected chi connectivity index (χ2v) is 7.30. The lowest BCUT2D eigenvalue weighted by molar-refractivity contribution is 0.0644. The van der Waals surface area contributed by atoms with Crippen LogP contribution in [0, 0.1) is 5.82 Å². The van der Waals surface area contributed by atoms with Crippen LogP contribution in [-0.2, 0) is 12.8 Å². The number of amides is 2. The van der Waals surface area contributed by atoms with Crippen molar-refractivity contribution in [1.82, 2.24) is 9.88 Å². The average Bonchev–Trinajstić information content (AvgIpc) is 2.86. The van der Waals surface area contributed by atoms with E-state index in [1.807, 2.05) is 24.3 Å². The van der Waals surface area contributed by atoms with Crippen molar-refractivity contribution in [2.45, 2.75) is 18.8 Å². The summed E-state index contributed by atoms with van der Waals surface area (Å²) < 4.78 is 13.7. The summed E-state index contributed by atoms with van der Waals surface area (Å²) >= 11 is 0. The van der Waals surface area contributed by atoms with Gasteiger partial charge in [-0.05, 0) is 47.7 Å². The third kappa shape index (κ3) is 2.62. The van der Waals surface area contributed by atoms with Crippen LogP contribution in [0.5, 0.6) is 0 Å². The number of imide groups is 1. The van der Waals surface area contributed by atoms with Gasteiger partial charge in [-0.1, -0.05) is 36.4 Å². The van der Waals surface area contributed by atoms with E-state index in [4.69, 9.17) is 0 Å². The standard InChI is InChI=1S/C23H17FN2O2/c24-17-10-15-9-14-5-1-2-6-18(14)16(11-21(15)25-12-17)13-26-22(27)19-7-3-4-8-20(19)23(26)28/h1-8,10,12,16H,9,11,13H2. The second kappa shape index (κ2) is 6.37. The van der Waals surface area contributed by atoms with Crippen molar-refractivity contribution in [3.05, 3.63) is 100 Å². The van der Waals surface area contributed by atoms with E-state index in [0.29, 0.717) is 24.0 Å². The lowest BCUT2D eigenvalue weighted by Crippen LogP contribution is -2.34. The zero-order valence-electron chi connectivity index (χ0n) is 15.1. The van der Waals surface area contributed by atoms with Crippen molar-refractivity contribution in [2.75, 3.05) is 6.54 Å². The van der Waals surface area contributed by atoms with Gasteiger partial charge in [-0.2, -0.15) is 0 Å². The van der Waals surface area contributed by atoms with Gasteiger partial charge in [-0.25, -0.2) is 4.39 Å². The average molecular weight is 372 g/mol. The highest BCUT2D eigenvalue weighted by molar-refractivity contribution is 6.21. The van der Waals surface area contributed by atoms with Gasteiger partial charge in [0.15, 0.2) is 0 Å². The fourth-order valence-electron chi connectivity index (χ4n) is 4.28. The fourth-order valence-corrected chi connectivity index (χ4v) is 4.28. The van der Waals surface area contributed by atoms with E-state index < -0.39 is 0 Å². The lowest BCUT2D eigenvalue weighted by atomic mass is 9.91. The van der Waals surface area contributed by atoms with Gasteiger partial charge in [0.25, 0.3) is 11.8 Å². The number of hydrogen-bond donors (Lipinski definition) is 0. The highest BCUT2D eigenvalue weighted by Crippen LogP contribution is 2.34. The molecule has 4 nitrogen and oxygen atoms in total. The Morgan fingerprint density at radius 3 is 2.39 bits per heavy atom. The topological polar surface area (TPSA) is 50.3 Å². The van der Waals surface area contributed by atoms with Crippen molar-refractivity contribution in [1.29, 1.82) is 0 Å². The number of pyridine rings is 1. The first kappa shape index (κ1) is 16.8. The van der Waals surface area contributed by atoms with Crippen LogP contribution in [0.3, 0.4) is 0 Å². The quantitative estimate of drug-likeness (QED) is 0.644. The van der Waals surface area contributed by atoms with Crippen molar-refractivity contribution < 1.29 is 14.0 Å². The number of nitrogens with zero attached hydrogens (tertiary/aromatic N) is 2. The van der Waals surface area contributed by atoms with E-state index in [0.717, 1.165) is 22.4 Å². The Labute approximate surface area is 161 Å². The van der Waals surface area contributed by atoms with Gasteiger partial charge in [-0.3, -0.25) is 19.5 Å². The van der Waals surface area contributed by atoms with Crippen molar-refractivity contribution in [3.8, 4) is 0 Å². The Kier molecular flexibility index (Phi) is 3.83. The van der Waals surface area contributed by atoms with Crippen LogP contribution in [-0.4, -0.2) is 28.2 Å². The molecule has 2 aliphatic rings. The first-order valence-electron chi connectivity index (χ1n) is 9.28. The van der Waals surface area contributed by atoms with Gasteiger partial charge in [0.1, 0.15) is 5.82 Å². The molecular weight excluding hydrogens is 355 g/mol. The van der Waals surface area contributed by atoms with Crippen molar-refractivity contribution >= 4 is 11.8 Å². The summed E-state index contributed by atoms with van der Waals surface area (Å²) in [5.74, 6) is -0.947. The zero-order valence-corrected chi connectivity index (χ0v) is 15.1. The molecule has 1 aliphatic carbocycles. The first-order chi connectivity index (χ1) is 13.6. The predicted molar refractivity (Wildman–Crippen MR) is 102 cm³/mol. The van der Waals surface area contributed by atoms with Crippen LogP contribution < -0.4 is 0 Å². The molecule has 0 radical (unpaired) electrons. The molecule has 138 valence electrons. The maximum absolute atomic E-state index is 13.7. The summed E-state index contributed by atoms with van der Waals surface area (Å²) in [5.41, 5.74) is 4.74. The Hall–Kier alpha value is -3.34. The van der Waals surface area contributed by atoms with E-state index >= 15 is 0 Å². The first-order valence-corrected chi connectivity index (χ1v) is 9.28. The number of carbonyl (C=O) groups excluding carboxylic acids is 2. The lowest BCUT2D eigenvalue weighted by Gasteiger charge is -2.23. The van der Waals surface area contributed by atoms with Crippen LogP contribution in [0.25, 0.3) is 0 Å². The monoisotopic (exact) mass is 372 g/mol. The molecular formula is C23H17FN2O2. The predicted octanol–water partition coefficient (Wildman–Crippen LogP) is 3.75. The summed E-state index contributed by atoms with van der Waals surface area (Å²) in [6.07, 6.45) is 2.38. The summed E-state index contributed by atoms with van der Waals surface area (Å²) in [4.78, 5) is 31.3. The zero-order chi connectivity index (χ0) is 19.3. The molecule has 1 atom stereocenters. The highest BCUT2D eigenvalue weighted by Gasteiger charge is 2.37. The van der Waals surface area contributed by atoms with Gasteiger partial charge in [0.2, 0.25) is 0 Å². The number of halogens is 1. The van der Waals surface area contributed by atoms with E-state index in [1.165, 1.54) is 17.2 Å². The molecule has 0 saturated heterocycles. The molecule has 5 rings (SSSR count). The summed E-state index contributed by atoms with van der Waals surface area (Å²) in [6.45, 7) is 0.280. The maximum Gasteiger partial charge on any atom is 0.261 e. The maximum atomic E-state index is 13.7. The normalized spacial score (nSPS) is 17.8. The Balaban J connectivity index is 1.54. The fraction of sp³-hybridized carbons (Fsp3) is 0.174. The minimum Gasteiger partial charge on any atom is -0.274 e. The SMILES string of the molecule is O=C1c2ccccc2C(=O)N1CC1Cc2ncc(F)cc2Cc2ccccc21. The van der Waals surface area contributed by atoms with E-state index in [1.54, 1.807) is 24.3 Å². The third-order valence-corrected chi connectivity index (χ3v) is 5.62. The summed E-state index contributed by atoms with van der Waals surface area (Å²) in [5, 5.41) is 0. The highest BCUT2D eigenvalue weighted by atomic mass is 19.1. The van der Waals surface area contributed by atoms with E-state index in [-0.39, 0.29) is 30.1 Å². The molecule has 0 saturated carbocycles. The van der Waals surface area contributed by atoms with Crippen LogP contribution in [0.1, 0.15) is 49.0 Å².